The standard InChI is InChI=1S/C17H25F3N6O.HI/c1-5-13-12(14(6-2)27-25-13)9-23-16(21-7-3)22-8-11-10-26(4)24-15(11)17(18,19)20;/h10H,5-9H2,1-4H3,(H2,21,22,23);1H. The van der Waals surface area contributed by atoms with E-state index < -0.39 is 11.9 Å². The fourth-order valence-electron chi connectivity index (χ4n) is 2.71. The van der Waals surface area contributed by atoms with Crippen molar-refractivity contribution in [2.45, 2.75) is 52.9 Å². The van der Waals surface area contributed by atoms with E-state index in [9.17, 15) is 13.2 Å². The van der Waals surface area contributed by atoms with Gasteiger partial charge in [0.15, 0.2) is 11.7 Å². The average Bonchev–Trinajstić information content (AvgIpc) is 3.19. The molecular formula is C17H26F3IN6O. The summed E-state index contributed by atoms with van der Waals surface area (Å²) >= 11 is 0. The van der Waals surface area contributed by atoms with Crippen LogP contribution in [0.25, 0.3) is 0 Å². The highest BCUT2D eigenvalue weighted by molar-refractivity contribution is 14.0. The Morgan fingerprint density at radius 1 is 1.21 bits per heavy atom. The van der Waals surface area contributed by atoms with Gasteiger partial charge in [0.2, 0.25) is 0 Å². The van der Waals surface area contributed by atoms with Crippen molar-refractivity contribution in [2.75, 3.05) is 6.54 Å². The Balaban J connectivity index is 0.00000392. The molecule has 0 spiro atoms. The molecule has 0 unspecified atom stereocenters. The monoisotopic (exact) mass is 514 g/mol. The van der Waals surface area contributed by atoms with E-state index in [0.29, 0.717) is 25.5 Å². The zero-order valence-electron chi connectivity index (χ0n) is 16.4. The molecule has 0 radical (unpaired) electrons. The van der Waals surface area contributed by atoms with Crippen LogP contribution in [-0.4, -0.2) is 27.4 Å². The summed E-state index contributed by atoms with van der Waals surface area (Å²) in [5, 5.41) is 13.7. The van der Waals surface area contributed by atoms with Crippen LogP contribution in [-0.2, 0) is 39.2 Å². The zero-order chi connectivity index (χ0) is 20.0. The van der Waals surface area contributed by atoms with Gasteiger partial charge in [-0.1, -0.05) is 19.0 Å². The van der Waals surface area contributed by atoms with Crippen LogP contribution in [0.15, 0.2) is 15.7 Å². The number of guanidine groups is 1. The predicted octanol–water partition coefficient (Wildman–Crippen LogP) is 3.43. The molecule has 2 heterocycles. The van der Waals surface area contributed by atoms with Crippen LogP contribution in [0.3, 0.4) is 0 Å². The molecule has 0 amide bonds. The number of aliphatic imine (C=N–C) groups is 1. The Hall–Kier alpha value is -1.79. The lowest BCUT2D eigenvalue weighted by molar-refractivity contribution is -0.142. The Morgan fingerprint density at radius 2 is 1.93 bits per heavy atom. The van der Waals surface area contributed by atoms with Crippen molar-refractivity contribution in [2.24, 2.45) is 12.0 Å². The molecule has 0 atom stereocenters. The number of halogens is 4. The van der Waals surface area contributed by atoms with E-state index in [0.717, 1.165) is 28.1 Å². The molecule has 0 aliphatic carbocycles. The first kappa shape index (κ1) is 24.2. The van der Waals surface area contributed by atoms with E-state index in [1.165, 1.54) is 13.2 Å². The van der Waals surface area contributed by atoms with Gasteiger partial charge in [0.25, 0.3) is 0 Å². The number of aromatic nitrogens is 3. The minimum absolute atomic E-state index is 0. The molecular weight excluding hydrogens is 488 g/mol. The second-order valence-electron chi connectivity index (χ2n) is 5.96. The van der Waals surface area contributed by atoms with Crippen molar-refractivity contribution in [3.63, 3.8) is 0 Å². The molecule has 2 N–H and O–H groups in total. The smallest absolute Gasteiger partial charge is 0.361 e. The first-order chi connectivity index (χ1) is 12.8. The normalized spacial score (nSPS) is 12.0. The number of hydrogen-bond donors (Lipinski definition) is 2. The maximum absolute atomic E-state index is 13.1. The quantitative estimate of drug-likeness (QED) is 0.337. The molecule has 0 aromatic carbocycles. The lowest BCUT2D eigenvalue weighted by Gasteiger charge is -2.12. The first-order valence-electron chi connectivity index (χ1n) is 8.88. The Morgan fingerprint density at radius 3 is 2.50 bits per heavy atom. The highest BCUT2D eigenvalue weighted by atomic mass is 127. The second kappa shape index (κ2) is 10.7. The number of rotatable bonds is 7. The van der Waals surface area contributed by atoms with Crippen LogP contribution in [0, 0.1) is 0 Å². The fourth-order valence-corrected chi connectivity index (χ4v) is 2.71. The van der Waals surface area contributed by atoms with Gasteiger partial charge in [-0.15, -0.1) is 24.0 Å². The van der Waals surface area contributed by atoms with Gasteiger partial charge in [-0.3, -0.25) is 4.68 Å². The van der Waals surface area contributed by atoms with E-state index in [1.54, 1.807) is 0 Å². The number of alkyl halides is 3. The summed E-state index contributed by atoms with van der Waals surface area (Å²) in [5.74, 6) is 1.21. The van der Waals surface area contributed by atoms with E-state index in [1.807, 2.05) is 20.8 Å². The molecule has 0 saturated carbocycles. The molecule has 2 aromatic rings. The van der Waals surface area contributed by atoms with E-state index in [4.69, 9.17) is 4.52 Å². The van der Waals surface area contributed by atoms with Crippen LogP contribution in [0.1, 0.15) is 49.0 Å². The van der Waals surface area contributed by atoms with Gasteiger partial charge in [0, 0.05) is 43.9 Å². The maximum atomic E-state index is 13.1. The summed E-state index contributed by atoms with van der Waals surface area (Å²) in [5.41, 5.74) is 0.936. The van der Waals surface area contributed by atoms with Crippen LogP contribution < -0.4 is 10.6 Å². The summed E-state index contributed by atoms with van der Waals surface area (Å²) in [7, 11) is 1.45. The number of nitrogens with zero attached hydrogens (tertiary/aromatic N) is 4. The topological polar surface area (TPSA) is 80.3 Å². The van der Waals surface area contributed by atoms with Crippen LogP contribution >= 0.6 is 24.0 Å². The van der Waals surface area contributed by atoms with Crippen LogP contribution in [0.5, 0.6) is 0 Å². The number of aryl methyl sites for hydroxylation is 3. The molecule has 0 saturated heterocycles. The Kier molecular flexibility index (Phi) is 9.24. The average molecular weight is 514 g/mol. The summed E-state index contributed by atoms with van der Waals surface area (Å²) < 4.78 is 45.7. The lowest BCUT2D eigenvalue weighted by atomic mass is 10.1. The molecule has 158 valence electrons. The third kappa shape index (κ3) is 6.11. The largest absolute Gasteiger partial charge is 0.435 e. The molecule has 0 aliphatic heterocycles. The van der Waals surface area contributed by atoms with Crippen LogP contribution in [0.4, 0.5) is 13.2 Å². The van der Waals surface area contributed by atoms with Gasteiger partial charge in [0.1, 0.15) is 5.76 Å². The number of hydrogen-bond acceptors (Lipinski definition) is 4. The minimum atomic E-state index is -4.51. The SMILES string of the molecule is CCNC(=NCc1cn(C)nc1C(F)(F)F)NCc1c(CC)noc1CC.I. The van der Waals surface area contributed by atoms with Crippen molar-refractivity contribution >= 4 is 29.9 Å². The molecule has 11 heteroatoms. The van der Waals surface area contributed by atoms with Gasteiger partial charge < -0.3 is 15.2 Å². The molecule has 0 bridgehead atoms. The van der Waals surface area contributed by atoms with Gasteiger partial charge in [-0.25, -0.2) is 4.99 Å². The predicted molar refractivity (Wildman–Crippen MR) is 111 cm³/mol. The summed E-state index contributed by atoms with van der Waals surface area (Å²) in [6.07, 6.45) is -1.73. The van der Waals surface area contributed by atoms with Gasteiger partial charge in [-0.2, -0.15) is 18.3 Å². The molecule has 0 aliphatic rings. The Labute approximate surface area is 179 Å². The molecule has 2 aromatic heterocycles. The third-order valence-electron chi connectivity index (χ3n) is 3.96. The van der Waals surface area contributed by atoms with E-state index in [2.05, 4.69) is 25.9 Å². The van der Waals surface area contributed by atoms with Crippen LogP contribution in [0.2, 0.25) is 0 Å². The zero-order valence-corrected chi connectivity index (χ0v) is 18.7. The number of nitrogens with one attached hydrogen (secondary N) is 2. The molecule has 7 nitrogen and oxygen atoms in total. The lowest BCUT2D eigenvalue weighted by Crippen LogP contribution is -2.37. The third-order valence-corrected chi connectivity index (χ3v) is 3.96. The molecule has 28 heavy (non-hydrogen) atoms. The second-order valence-corrected chi connectivity index (χ2v) is 5.96. The van der Waals surface area contributed by atoms with E-state index in [-0.39, 0.29) is 36.1 Å². The van der Waals surface area contributed by atoms with Crippen molar-refractivity contribution in [3.05, 3.63) is 34.5 Å². The van der Waals surface area contributed by atoms with Crippen molar-refractivity contribution in [1.82, 2.24) is 25.6 Å². The van der Waals surface area contributed by atoms with Crippen molar-refractivity contribution in [3.8, 4) is 0 Å². The minimum Gasteiger partial charge on any atom is -0.361 e. The molecule has 0 fully saturated rings. The first-order valence-corrected chi connectivity index (χ1v) is 8.88. The van der Waals surface area contributed by atoms with Crippen molar-refractivity contribution in [1.29, 1.82) is 0 Å². The highest BCUT2D eigenvalue weighted by Crippen LogP contribution is 2.30. The Bertz CT molecular complexity index is 763. The highest BCUT2D eigenvalue weighted by Gasteiger charge is 2.36. The van der Waals surface area contributed by atoms with Gasteiger partial charge in [-0.05, 0) is 13.3 Å². The van der Waals surface area contributed by atoms with E-state index >= 15 is 0 Å². The fraction of sp³-hybridized carbons (Fsp3) is 0.588. The van der Waals surface area contributed by atoms with Gasteiger partial charge >= 0.3 is 6.18 Å². The van der Waals surface area contributed by atoms with Gasteiger partial charge in [0.05, 0.1) is 12.2 Å². The summed E-state index contributed by atoms with van der Waals surface area (Å²) in [4.78, 5) is 4.27. The van der Waals surface area contributed by atoms with Crippen molar-refractivity contribution < 1.29 is 17.7 Å². The maximum Gasteiger partial charge on any atom is 0.435 e. The molecule has 2 rings (SSSR count). The summed E-state index contributed by atoms with van der Waals surface area (Å²) in [6.45, 7) is 6.72. The summed E-state index contributed by atoms with van der Waals surface area (Å²) in [6, 6.07) is 0.